The Balaban J connectivity index is 1.64. The fourth-order valence-electron chi connectivity index (χ4n) is 2.39. The van der Waals surface area contributed by atoms with Gasteiger partial charge in [-0.3, -0.25) is 4.79 Å². The van der Waals surface area contributed by atoms with Gasteiger partial charge in [0.05, 0.1) is 12.0 Å². The summed E-state index contributed by atoms with van der Waals surface area (Å²) in [5.74, 6) is -1.04. The van der Waals surface area contributed by atoms with Crippen LogP contribution in [0, 0.1) is 5.92 Å². The zero-order valence-corrected chi connectivity index (χ0v) is 11.0. The zero-order chi connectivity index (χ0) is 13.5. The smallest absolute Gasteiger partial charge is 0.307 e. The number of hydrogen-bond donors (Lipinski definition) is 2. The van der Waals surface area contributed by atoms with Gasteiger partial charge in [0.2, 0.25) is 0 Å². The number of carbonyl (C=O) groups is 1. The predicted octanol–water partition coefficient (Wildman–Crippen LogP) is 1.70. The van der Waals surface area contributed by atoms with Crippen molar-refractivity contribution in [2.24, 2.45) is 5.92 Å². The summed E-state index contributed by atoms with van der Waals surface area (Å²) < 4.78 is 5.76. The van der Waals surface area contributed by atoms with Crippen LogP contribution in [0.5, 0.6) is 0 Å². The van der Waals surface area contributed by atoms with Crippen LogP contribution in [-0.2, 0) is 16.0 Å². The van der Waals surface area contributed by atoms with Crippen LogP contribution >= 0.6 is 0 Å². The molecule has 4 heteroatoms. The summed E-state index contributed by atoms with van der Waals surface area (Å²) in [6.07, 6.45) is 2.63. The summed E-state index contributed by atoms with van der Waals surface area (Å²) in [6, 6.07) is 10.3. The third-order valence-corrected chi connectivity index (χ3v) is 3.47. The number of aliphatic carboxylic acids is 1. The monoisotopic (exact) mass is 263 g/mol. The molecule has 19 heavy (non-hydrogen) atoms. The average molecular weight is 263 g/mol. The number of carboxylic acids is 1. The molecule has 1 saturated heterocycles. The van der Waals surface area contributed by atoms with Crippen molar-refractivity contribution < 1.29 is 14.6 Å². The highest BCUT2D eigenvalue weighted by Gasteiger charge is 2.26. The molecule has 1 aliphatic rings. The lowest BCUT2D eigenvalue weighted by atomic mass is 9.98. The summed E-state index contributed by atoms with van der Waals surface area (Å²) in [5, 5.41) is 12.1. The molecule has 0 aromatic heterocycles. The third kappa shape index (κ3) is 4.65. The highest BCUT2D eigenvalue weighted by Crippen LogP contribution is 2.14. The molecule has 2 atom stereocenters. The van der Waals surface area contributed by atoms with Crippen molar-refractivity contribution in [3.63, 3.8) is 0 Å². The minimum atomic E-state index is -0.731. The van der Waals surface area contributed by atoms with Crippen LogP contribution in [-0.4, -0.2) is 36.9 Å². The largest absolute Gasteiger partial charge is 0.481 e. The molecule has 2 N–H and O–H groups in total. The van der Waals surface area contributed by atoms with Gasteiger partial charge in [-0.25, -0.2) is 0 Å². The number of benzene rings is 1. The molecule has 0 saturated carbocycles. The predicted molar refractivity (Wildman–Crippen MR) is 73.1 cm³/mol. The lowest BCUT2D eigenvalue weighted by molar-refractivity contribution is -0.144. The van der Waals surface area contributed by atoms with E-state index >= 15 is 0 Å². The summed E-state index contributed by atoms with van der Waals surface area (Å²) in [6.45, 7) is 2.00. The Morgan fingerprint density at radius 3 is 2.84 bits per heavy atom. The van der Waals surface area contributed by atoms with Gasteiger partial charge in [0.1, 0.15) is 0 Å². The summed E-state index contributed by atoms with van der Waals surface area (Å²) >= 11 is 0. The lowest BCUT2D eigenvalue weighted by Gasteiger charge is -2.27. The number of carboxylic acid groups (broad SMARTS) is 1. The van der Waals surface area contributed by atoms with E-state index in [0.29, 0.717) is 19.6 Å². The quantitative estimate of drug-likeness (QED) is 0.767. The zero-order valence-electron chi connectivity index (χ0n) is 11.0. The highest BCUT2D eigenvalue weighted by molar-refractivity contribution is 5.70. The highest BCUT2D eigenvalue weighted by atomic mass is 16.5. The molecule has 1 aromatic rings. The Kier molecular flexibility index (Phi) is 5.36. The second-order valence-corrected chi connectivity index (χ2v) is 5.01. The normalized spacial score (nSPS) is 23.2. The molecule has 0 amide bonds. The molecular formula is C15H21NO3. The van der Waals surface area contributed by atoms with Crippen LogP contribution in [0.3, 0.4) is 0 Å². The van der Waals surface area contributed by atoms with Crippen molar-refractivity contribution in [3.05, 3.63) is 35.9 Å². The molecule has 0 aliphatic carbocycles. The van der Waals surface area contributed by atoms with Gasteiger partial charge < -0.3 is 15.2 Å². The topological polar surface area (TPSA) is 58.6 Å². The number of hydrogen-bond acceptors (Lipinski definition) is 3. The Morgan fingerprint density at radius 1 is 1.32 bits per heavy atom. The Morgan fingerprint density at radius 2 is 2.11 bits per heavy atom. The molecule has 2 unspecified atom stereocenters. The second-order valence-electron chi connectivity index (χ2n) is 5.01. The molecule has 2 rings (SSSR count). The van der Waals surface area contributed by atoms with Crippen LogP contribution in [0.15, 0.2) is 30.3 Å². The molecule has 0 spiro atoms. The molecular weight excluding hydrogens is 242 g/mol. The van der Waals surface area contributed by atoms with E-state index in [1.54, 1.807) is 0 Å². The minimum absolute atomic E-state index is 0.0330. The standard InChI is InChI=1S/C15H21NO3/c17-15(18)13-9-14(11-16-10-13)19-8-4-7-12-5-2-1-3-6-12/h1-3,5-6,13-14,16H,4,7-11H2,(H,17,18). The van der Waals surface area contributed by atoms with Gasteiger partial charge in [-0.1, -0.05) is 30.3 Å². The molecule has 1 fully saturated rings. The van der Waals surface area contributed by atoms with Crippen molar-refractivity contribution >= 4 is 5.97 Å². The fraction of sp³-hybridized carbons (Fsp3) is 0.533. The number of piperidine rings is 1. The van der Waals surface area contributed by atoms with Crippen LogP contribution in [0.1, 0.15) is 18.4 Å². The summed E-state index contributed by atoms with van der Waals surface area (Å²) in [4.78, 5) is 10.9. The van der Waals surface area contributed by atoms with E-state index < -0.39 is 5.97 Å². The van der Waals surface area contributed by atoms with Crippen molar-refractivity contribution in [1.29, 1.82) is 0 Å². The minimum Gasteiger partial charge on any atom is -0.481 e. The molecule has 1 aliphatic heterocycles. The fourth-order valence-corrected chi connectivity index (χ4v) is 2.39. The van der Waals surface area contributed by atoms with Gasteiger partial charge >= 0.3 is 5.97 Å². The third-order valence-electron chi connectivity index (χ3n) is 3.47. The van der Waals surface area contributed by atoms with E-state index in [9.17, 15) is 4.79 Å². The Hall–Kier alpha value is -1.39. The van der Waals surface area contributed by atoms with E-state index in [1.807, 2.05) is 18.2 Å². The van der Waals surface area contributed by atoms with Crippen molar-refractivity contribution in [3.8, 4) is 0 Å². The SMILES string of the molecule is O=C(O)C1CNCC(OCCCc2ccccc2)C1. The number of ether oxygens (including phenoxy) is 1. The van der Waals surface area contributed by atoms with Gasteiger partial charge in [0, 0.05) is 19.7 Å². The number of aryl methyl sites for hydroxylation is 1. The number of nitrogens with one attached hydrogen (secondary N) is 1. The first-order valence-electron chi connectivity index (χ1n) is 6.85. The molecule has 0 bridgehead atoms. The molecule has 1 heterocycles. The van der Waals surface area contributed by atoms with Gasteiger partial charge in [-0.15, -0.1) is 0 Å². The van der Waals surface area contributed by atoms with Gasteiger partial charge in [0.15, 0.2) is 0 Å². The first-order valence-corrected chi connectivity index (χ1v) is 6.85. The number of rotatable bonds is 6. The van der Waals surface area contributed by atoms with E-state index in [0.717, 1.165) is 19.4 Å². The van der Waals surface area contributed by atoms with Gasteiger partial charge in [0.25, 0.3) is 0 Å². The second kappa shape index (κ2) is 7.26. The summed E-state index contributed by atoms with van der Waals surface area (Å²) in [5.41, 5.74) is 1.32. The van der Waals surface area contributed by atoms with Crippen molar-refractivity contribution in [2.75, 3.05) is 19.7 Å². The first kappa shape index (κ1) is 14.0. The van der Waals surface area contributed by atoms with E-state index in [1.165, 1.54) is 5.56 Å². The van der Waals surface area contributed by atoms with E-state index in [-0.39, 0.29) is 12.0 Å². The average Bonchev–Trinajstić information content (AvgIpc) is 2.45. The Labute approximate surface area is 113 Å². The van der Waals surface area contributed by atoms with Crippen molar-refractivity contribution in [1.82, 2.24) is 5.32 Å². The molecule has 0 radical (unpaired) electrons. The van der Waals surface area contributed by atoms with Crippen molar-refractivity contribution in [2.45, 2.75) is 25.4 Å². The maximum Gasteiger partial charge on any atom is 0.307 e. The Bertz CT molecular complexity index is 394. The van der Waals surface area contributed by atoms with Crippen LogP contribution < -0.4 is 5.32 Å². The lowest BCUT2D eigenvalue weighted by Crippen LogP contribution is -2.43. The van der Waals surface area contributed by atoms with E-state index in [4.69, 9.17) is 9.84 Å². The molecule has 104 valence electrons. The van der Waals surface area contributed by atoms with Crippen LogP contribution in [0.2, 0.25) is 0 Å². The van der Waals surface area contributed by atoms with Gasteiger partial charge in [-0.2, -0.15) is 0 Å². The molecule has 4 nitrogen and oxygen atoms in total. The maximum absolute atomic E-state index is 10.9. The van der Waals surface area contributed by atoms with Crippen LogP contribution in [0.25, 0.3) is 0 Å². The van der Waals surface area contributed by atoms with E-state index in [2.05, 4.69) is 17.4 Å². The molecule has 1 aromatic carbocycles. The summed E-state index contributed by atoms with van der Waals surface area (Å²) in [7, 11) is 0. The first-order chi connectivity index (χ1) is 9.25. The van der Waals surface area contributed by atoms with Crippen LogP contribution in [0.4, 0.5) is 0 Å². The van der Waals surface area contributed by atoms with Gasteiger partial charge in [-0.05, 0) is 24.8 Å². The maximum atomic E-state index is 10.9.